The van der Waals surface area contributed by atoms with Crippen LogP contribution >= 0.6 is 0 Å². The highest BCUT2D eigenvalue weighted by atomic mass is 28.3. The van der Waals surface area contributed by atoms with Gasteiger partial charge < -0.3 is 9.47 Å². The molecule has 4 heteroatoms. The van der Waals surface area contributed by atoms with E-state index in [1.54, 1.807) is 0 Å². The first kappa shape index (κ1) is 27.9. The van der Waals surface area contributed by atoms with Gasteiger partial charge in [0.2, 0.25) is 6.71 Å². The van der Waals surface area contributed by atoms with E-state index >= 15 is 0 Å². The zero-order valence-corrected chi connectivity index (χ0v) is 29.6. The summed E-state index contributed by atoms with van der Waals surface area (Å²) in [5, 5.41) is 8.56. The van der Waals surface area contributed by atoms with Gasteiger partial charge in [-0.05, 0) is 55.4 Å². The molecule has 0 atom stereocenters. The second-order valence-electron chi connectivity index (χ2n) is 15.2. The molecule has 51 heavy (non-hydrogen) atoms. The van der Waals surface area contributed by atoms with Gasteiger partial charge in [-0.2, -0.15) is 0 Å². The Morgan fingerprint density at radius 2 is 1.18 bits per heavy atom. The molecule has 8 aromatic rings. The molecule has 0 unspecified atom stereocenters. The van der Waals surface area contributed by atoms with Crippen molar-refractivity contribution < 1.29 is 0 Å². The standard InChI is InChI=1S/C47H33BN2Si/c1-47(2)36-24-13-12-22-35(36)44-46(47)48-37-25-15-27-40-45(37)50-42-33(34-28-29-38(41(48)43(34)50)49(44)30-16-6-3-7-17-30)23-14-26-39(42)51(40,31-18-8-4-9-19-31)32-20-10-5-11-21-32/h3-29H,1-2H3. The predicted molar refractivity (Wildman–Crippen MR) is 218 cm³/mol. The number of aromatic nitrogens is 1. The summed E-state index contributed by atoms with van der Waals surface area (Å²) in [5.41, 5.74) is 15.0. The summed E-state index contributed by atoms with van der Waals surface area (Å²) >= 11 is 0. The van der Waals surface area contributed by atoms with Crippen molar-refractivity contribution in [3.05, 3.63) is 180 Å². The molecule has 1 aromatic heterocycles. The molecule has 0 fully saturated rings. The Labute approximate surface area is 299 Å². The third-order valence-electron chi connectivity index (χ3n) is 12.6. The fourth-order valence-electron chi connectivity index (χ4n) is 10.8. The average molecular weight is 665 g/mol. The van der Waals surface area contributed by atoms with Gasteiger partial charge >= 0.3 is 0 Å². The van der Waals surface area contributed by atoms with Gasteiger partial charge in [-0.1, -0.05) is 165 Å². The number of hydrogen-bond acceptors (Lipinski definition) is 1. The van der Waals surface area contributed by atoms with Crippen LogP contribution in [-0.2, 0) is 5.41 Å². The number of benzene rings is 7. The highest BCUT2D eigenvalue weighted by molar-refractivity contribution is 7.21. The molecule has 0 saturated carbocycles. The third kappa shape index (κ3) is 3.14. The van der Waals surface area contributed by atoms with E-state index in [-0.39, 0.29) is 12.1 Å². The molecule has 0 saturated heterocycles. The van der Waals surface area contributed by atoms with Crippen molar-refractivity contribution in [1.82, 2.24) is 4.57 Å². The molecule has 0 bridgehead atoms. The molecule has 3 aliphatic heterocycles. The van der Waals surface area contributed by atoms with E-state index in [1.165, 1.54) is 92.8 Å². The summed E-state index contributed by atoms with van der Waals surface area (Å²) in [5.74, 6) is 0. The van der Waals surface area contributed by atoms with Gasteiger partial charge in [-0.15, -0.1) is 0 Å². The quantitative estimate of drug-likeness (QED) is 0.189. The Morgan fingerprint density at radius 3 is 1.92 bits per heavy atom. The minimum Gasteiger partial charge on any atom is -0.311 e. The van der Waals surface area contributed by atoms with Crippen molar-refractivity contribution in [3.63, 3.8) is 0 Å². The number of allylic oxidation sites excluding steroid dienone is 1. The van der Waals surface area contributed by atoms with Crippen LogP contribution in [0.2, 0.25) is 0 Å². The van der Waals surface area contributed by atoms with Gasteiger partial charge in [0.15, 0.2) is 8.07 Å². The Morgan fingerprint density at radius 1 is 0.549 bits per heavy atom. The van der Waals surface area contributed by atoms with Crippen molar-refractivity contribution >= 4 is 85.3 Å². The molecule has 0 spiro atoms. The van der Waals surface area contributed by atoms with E-state index in [1.807, 2.05) is 0 Å². The van der Waals surface area contributed by atoms with Gasteiger partial charge in [0.25, 0.3) is 0 Å². The third-order valence-corrected chi connectivity index (χ3v) is 17.5. The van der Waals surface area contributed by atoms with Crippen LogP contribution < -0.4 is 36.6 Å². The van der Waals surface area contributed by atoms with Crippen molar-refractivity contribution in [2.75, 3.05) is 4.90 Å². The molecule has 12 rings (SSSR count). The van der Waals surface area contributed by atoms with Crippen molar-refractivity contribution in [2.24, 2.45) is 0 Å². The van der Waals surface area contributed by atoms with Gasteiger partial charge in [-0.25, -0.2) is 0 Å². The predicted octanol–water partition coefficient (Wildman–Crippen LogP) is 6.79. The van der Waals surface area contributed by atoms with E-state index in [4.69, 9.17) is 0 Å². The maximum atomic E-state index is 2.71. The molecular weight excluding hydrogens is 631 g/mol. The minimum absolute atomic E-state index is 0.118. The maximum Gasteiger partial charge on any atom is 0.248 e. The first-order valence-electron chi connectivity index (χ1n) is 18.2. The summed E-state index contributed by atoms with van der Waals surface area (Å²) in [6, 6.07) is 62.5. The summed E-state index contributed by atoms with van der Waals surface area (Å²) in [7, 11) is -2.76. The summed E-state index contributed by atoms with van der Waals surface area (Å²) < 4.78 is 2.71. The Bertz CT molecular complexity index is 2790. The van der Waals surface area contributed by atoms with Gasteiger partial charge in [0.05, 0.1) is 11.0 Å². The van der Waals surface area contributed by atoms with E-state index in [0.29, 0.717) is 0 Å². The molecule has 0 amide bonds. The molecule has 0 radical (unpaired) electrons. The largest absolute Gasteiger partial charge is 0.311 e. The minimum atomic E-state index is -2.76. The second kappa shape index (κ2) is 9.48. The van der Waals surface area contributed by atoms with Gasteiger partial charge in [0, 0.05) is 44.5 Å². The lowest BCUT2D eigenvalue weighted by Crippen LogP contribution is -2.78. The number of hydrogen-bond donors (Lipinski definition) is 0. The van der Waals surface area contributed by atoms with Crippen molar-refractivity contribution in [3.8, 4) is 5.69 Å². The first-order chi connectivity index (χ1) is 25.1. The van der Waals surface area contributed by atoms with E-state index in [2.05, 4.69) is 187 Å². The molecule has 238 valence electrons. The summed E-state index contributed by atoms with van der Waals surface area (Å²) in [6.07, 6.45) is 0. The molecule has 1 aliphatic carbocycles. The van der Waals surface area contributed by atoms with E-state index in [9.17, 15) is 0 Å². The van der Waals surface area contributed by atoms with Crippen LogP contribution in [0.3, 0.4) is 0 Å². The average Bonchev–Trinajstić information content (AvgIpc) is 3.65. The van der Waals surface area contributed by atoms with Crippen molar-refractivity contribution in [2.45, 2.75) is 19.3 Å². The summed E-state index contributed by atoms with van der Waals surface area (Å²) in [6.45, 7) is 5.05. The maximum absolute atomic E-state index is 2.76. The smallest absolute Gasteiger partial charge is 0.248 e. The van der Waals surface area contributed by atoms with Crippen LogP contribution in [0, 0.1) is 0 Å². The van der Waals surface area contributed by atoms with Crippen LogP contribution in [0.1, 0.15) is 25.0 Å². The van der Waals surface area contributed by atoms with E-state index < -0.39 is 8.07 Å². The molecular formula is C47H33BN2Si. The highest BCUT2D eigenvalue weighted by Gasteiger charge is 2.55. The van der Waals surface area contributed by atoms with Crippen LogP contribution in [0.5, 0.6) is 0 Å². The summed E-state index contributed by atoms with van der Waals surface area (Å²) in [4.78, 5) is 2.59. The fourth-order valence-corrected chi connectivity index (χ4v) is 16.0. The lowest BCUT2D eigenvalue weighted by Gasteiger charge is -2.45. The molecule has 7 aromatic carbocycles. The lowest BCUT2D eigenvalue weighted by atomic mass is 9.30. The van der Waals surface area contributed by atoms with Crippen LogP contribution in [0.15, 0.2) is 169 Å². The fraction of sp³-hybridized carbons (Fsp3) is 0.0638. The molecule has 2 nitrogen and oxygen atoms in total. The zero-order chi connectivity index (χ0) is 33.6. The van der Waals surface area contributed by atoms with E-state index in [0.717, 1.165) is 0 Å². The van der Waals surface area contributed by atoms with Gasteiger partial charge in [-0.3, -0.25) is 0 Å². The second-order valence-corrected chi connectivity index (χ2v) is 18.9. The lowest BCUT2D eigenvalue weighted by molar-refractivity contribution is 0.666. The molecule has 4 aliphatic rings. The number of rotatable bonds is 3. The Balaban J connectivity index is 1.32. The number of para-hydroxylation sites is 3. The highest BCUT2D eigenvalue weighted by Crippen LogP contribution is 2.55. The zero-order valence-electron chi connectivity index (χ0n) is 28.6. The Hall–Kier alpha value is -5.84. The monoisotopic (exact) mass is 664 g/mol. The topological polar surface area (TPSA) is 8.17 Å². The van der Waals surface area contributed by atoms with Crippen LogP contribution in [0.25, 0.3) is 33.2 Å². The van der Waals surface area contributed by atoms with Gasteiger partial charge in [0.1, 0.15) is 0 Å². The molecule has 4 heterocycles. The van der Waals surface area contributed by atoms with Crippen LogP contribution in [0.4, 0.5) is 11.4 Å². The number of fused-ring (bicyclic) bond motifs is 5. The Kier molecular flexibility index (Phi) is 5.19. The number of nitrogens with zero attached hydrogens (tertiary/aromatic N) is 2. The number of anilines is 2. The molecule has 0 N–H and O–H groups in total. The SMILES string of the molecule is CC1(C)C2=C(c3ccccc31)N(c1ccccc1)c1ccc3c4cccc5c4n4c3c1B2c1cccc(c1-4)[Si]5(c1ccccc1)c1ccccc1. The first-order valence-corrected chi connectivity index (χ1v) is 20.2. The van der Waals surface area contributed by atoms with Crippen molar-refractivity contribution in [1.29, 1.82) is 0 Å². The van der Waals surface area contributed by atoms with Crippen LogP contribution in [-0.4, -0.2) is 19.4 Å². The normalized spacial score (nSPS) is 16.6.